The highest BCUT2D eigenvalue weighted by Crippen LogP contribution is 2.14. The van der Waals surface area contributed by atoms with Gasteiger partial charge in [0.1, 0.15) is 0 Å². The Hall–Kier alpha value is -2.33. The molecule has 0 saturated carbocycles. The Bertz CT molecular complexity index is 572. The zero-order valence-corrected chi connectivity index (χ0v) is 12.8. The molecule has 2 rings (SSSR count). The number of hydrogen-bond acceptors (Lipinski definition) is 3. The van der Waals surface area contributed by atoms with Gasteiger partial charge in [-0.25, -0.2) is 0 Å². The van der Waals surface area contributed by atoms with Crippen molar-refractivity contribution in [2.45, 2.75) is 19.4 Å². The summed E-state index contributed by atoms with van der Waals surface area (Å²) in [6.07, 6.45) is 0.202. The van der Waals surface area contributed by atoms with E-state index >= 15 is 0 Å². The Morgan fingerprint density at radius 3 is 2.27 bits per heavy atom. The van der Waals surface area contributed by atoms with E-state index in [9.17, 15) is 9.90 Å². The van der Waals surface area contributed by atoms with Crippen LogP contribution in [-0.2, 0) is 4.79 Å². The van der Waals surface area contributed by atoms with Crippen LogP contribution < -0.4 is 10.2 Å². The highest BCUT2D eigenvalue weighted by molar-refractivity contribution is 5.94. The molecule has 4 nitrogen and oxygen atoms in total. The van der Waals surface area contributed by atoms with Crippen molar-refractivity contribution in [1.29, 1.82) is 0 Å². The fraction of sp³-hybridized carbons (Fsp3) is 0.278. The lowest BCUT2D eigenvalue weighted by molar-refractivity contribution is -0.115. The van der Waals surface area contributed by atoms with Crippen molar-refractivity contribution in [3.8, 4) is 0 Å². The third-order valence-corrected chi connectivity index (χ3v) is 3.42. The first-order valence-electron chi connectivity index (χ1n) is 7.52. The molecule has 22 heavy (non-hydrogen) atoms. The molecule has 2 N–H and O–H groups in total. The van der Waals surface area contributed by atoms with E-state index in [0.29, 0.717) is 13.0 Å². The Balaban J connectivity index is 2.04. The second kappa shape index (κ2) is 8.20. The molecule has 1 unspecified atom stereocenters. The second-order valence-electron chi connectivity index (χ2n) is 5.19. The molecule has 1 atom stereocenters. The molecule has 0 radical (unpaired) electrons. The lowest BCUT2D eigenvalue weighted by Crippen LogP contribution is -2.38. The lowest BCUT2D eigenvalue weighted by atomic mass is 10.2. The SMILES string of the molecule is CCC(O)CN(CC(=O)Nc1ccccc1)c1ccccc1. The fourth-order valence-electron chi connectivity index (χ4n) is 2.18. The Morgan fingerprint density at radius 2 is 1.68 bits per heavy atom. The number of hydrogen-bond donors (Lipinski definition) is 2. The number of carbonyl (C=O) groups excluding carboxylic acids is 1. The molecule has 2 aromatic carbocycles. The highest BCUT2D eigenvalue weighted by Gasteiger charge is 2.15. The van der Waals surface area contributed by atoms with Crippen molar-refractivity contribution >= 4 is 17.3 Å². The van der Waals surface area contributed by atoms with Gasteiger partial charge in [-0.05, 0) is 30.7 Å². The number of amides is 1. The molecule has 0 spiro atoms. The molecular weight excluding hydrogens is 276 g/mol. The van der Waals surface area contributed by atoms with Crippen molar-refractivity contribution in [3.63, 3.8) is 0 Å². The number of anilines is 2. The average molecular weight is 298 g/mol. The van der Waals surface area contributed by atoms with Gasteiger partial charge in [-0.2, -0.15) is 0 Å². The zero-order chi connectivity index (χ0) is 15.8. The van der Waals surface area contributed by atoms with Crippen LogP contribution in [-0.4, -0.2) is 30.2 Å². The van der Waals surface area contributed by atoms with Crippen LogP contribution in [0.5, 0.6) is 0 Å². The quantitative estimate of drug-likeness (QED) is 0.826. The summed E-state index contributed by atoms with van der Waals surface area (Å²) in [5, 5.41) is 12.8. The molecular formula is C18H22N2O2. The van der Waals surface area contributed by atoms with Crippen LogP contribution in [0, 0.1) is 0 Å². The van der Waals surface area contributed by atoms with Crippen molar-refractivity contribution in [2.75, 3.05) is 23.3 Å². The molecule has 0 bridgehead atoms. The fourth-order valence-corrected chi connectivity index (χ4v) is 2.18. The van der Waals surface area contributed by atoms with Crippen LogP contribution in [0.1, 0.15) is 13.3 Å². The number of para-hydroxylation sites is 2. The Labute approximate surface area is 131 Å². The smallest absolute Gasteiger partial charge is 0.243 e. The molecule has 0 aliphatic carbocycles. The molecule has 2 aromatic rings. The van der Waals surface area contributed by atoms with E-state index < -0.39 is 6.10 Å². The largest absolute Gasteiger partial charge is 0.391 e. The molecule has 1 amide bonds. The molecule has 0 saturated heterocycles. The van der Waals surface area contributed by atoms with Crippen LogP contribution in [0.2, 0.25) is 0 Å². The maximum atomic E-state index is 12.2. The summed E-state index contributed by atoms with van der Waals surface area (Å²) >= 11 is 0. The van der Waals surface area contributed by atoms with Gasteiger partial charge in [-0.1, -0.05) is 43.3 Å². The van der Waals surface area contributed by atoms with Crippen molar-refractivity contribution in [3.05, 3.63) is 60.7 Å². The number of aliphatic hydroxyl groups is 1. The summed E-state index contributed by atoms with van der Waals surface area (Å²) in [7, 11) is 0. The molecule has 0 aromatic heterocycles. The first-order chi connectivity index (χ1) is 10.7. The van der Waals surface area contributed by atoms with E-state index in [2.05, 4.69) is 5.32 Å². The van der Waals surface area contributed by atoms with Crippen LogP contribution >= 0.6 is 0 Å². The molecule has 116 valence electrons. The van der Waals surface area contributed by atoms with Gasteiger partial charge in [0, 0.05) is 17.9 Å². The van der Waals surface area contributed by atoms with Gasteiger partial charge < -0.3 is 15.3 Å². The number of nitrogens with zero attached hydrogens (tertiary/aromatic N) is 1. The summed E-state index contributed by atoms with van der Waals surface area (Å²) in [6, 6.07) is 19.0. The van der Waals surface area contributed by atoms with Crippen molar-refractivity contribution in [2.24, 2.45) is 0 Å². The standard InChI is InChI=1S/C18H22N2O2/c1-2-17(21)13-20(16-11-7-4-8-12-16)14-18(22)19-15-9-5-3-6-10-15/h3-12,17,21H,2,13-14H2,1H3,(H,19,22). The molecule has 0 fully saturated rings. The number of nitrogens with one attached hydrogen (secondary N) is 1. The third-order valence-electron chi connectivity index (χ3n) is 3.42. The summed E-state index contributed by atoms with van der Waals surface area (Å²) in [4.78, 5) is 14.1. The summed E-state index contributed by atoms with van der Waals surface area (Å²) in [5.74, 6) is -0.0987. The van der Waals surface area contributed by atoms with Crippen molar-refractivity contribution in [1.82, 2.24) is 0 Å². The molecule has 0 heterocycles. The van der Waals surface area contributed by atoms with Gasteiger partial charge in [-0.3, -0.25) is 4.79 Å². The van der Waals surface area contributed by atoms with Crippen molar-refractivity contribution < 1.29 is 9.90 Å². The van der Waals surface area contributed by atoms with E-state index in [0.717, 1.165) is 11.4 Å². The number of aliphatic hydroxyl groups excluding tert-OH is 1. The minimum absolute atomic E-state index is 0.0987. The summed E-state index contributed by atoms with van der Waals surface area (Å²) in [5.41, 5.74) is 1.70. The maximum Gasteiger partial charge on any atom is 0.243 e. The van der Waals surface area contributed by atoms with Crippen LogP contribution in [0.4, 0.5) is 11.4 Å². The summed E-state index contributed by atoms with van der Waals surface area (Å²) in [6.45, 7) is 2.57. The minimum Gasteiger partial charge on any atom is -0.391 e. The molecule has 4 heteroatoms. The Kier molecular flexibility index (Phi) is 5.98. The third kappa shape index (κ3) is 4.90. The average Bonchev–Trinajstić information content (AvgIpc) is 2.55. The monoisotopic (exact) mass is 298 g/mol. The first-order valence-corrected chi connectivity index (χ1v) is 7.52. The van der Waals surface area contributed by atoms with E-state index in [4.69, 9.17) is 0 Å². The van der Waals surface area contributed by atoms with Gasteiger partial charge in [-0.15, -0.1) is 0 Å². The highest BCUT2D eigenvalue weighted by atomic mass is 16.3. The van der Waals surface area contributed by atoms with Gasteiger partial charge in [0.2, 0.25) is 5.91 Å². The van der Waals surface area contributed by atoms with E-state index in [-0.39, 0.29) is 12.5 Å². The first kappa shape index (κ1) is 16.0. The zero-order valence-electron chi connectivity index (χ0n) is 12.8. The maximum absolute atomic E-state index is 12.2. The lowest BCUT2D eigenvalue weighted by Gasteiger charge is -2.26. The van der Waals surface area contributed by atoms with Gasteiger partial charge in [0.25, 0.3) is 0 Å². The Morgan fingerprint density at radius 1 is 1.09 bits per heavy atom. The van der Waals surface area contributed by atoms with Crippen LogP contribution in [0.3, 0.4) is 0 Å². The van der Waals surface area contributed by atoms with E-state index in [1.165, 1.54) is 0 Å². The summed E-state index contributed by atoms with van der Waals surface area (Å²) < 4.78 is 0. The molecule has 0 aliphatic heterocycles. The second-order valence-corrected chi connectivity index (χ2v) is 5.19. The molecule has 0 aliphatic rings. The predicted molar refractivity (Wildman–Crippen MR) is 90.0 cm³/mol. The minimum atomic E-state index is -0.454. The van der Waals surface area contributed by atoms with E-state index in [1.54, 1.807) is 0 Å². The normalized spacial score (nSPS) is 11.7. The van der Waals surface area contributed by atoms with Gasteiger partial charge in [0.05, 0.1) is 12.6 Å². The number of benzene rings is 2. The number of rotatable bonds is 7. The van der Waals surface area contributed by atoms with Gasteiger partial charge >= 0.3 is 0 Å². The van der Waals surface area contributed by atoms with Crippen LogP contribution in [0.15, 0.2) is 60.7 Å². The van der Waals surface area contributed by atoms with Crippen LogP contribution in [0.25, 0.3) is 0 Å². The topological polar surface area (TPSA) is 52.6 Å². The van der Waals surface area contributed by atoms with E-state index in [1.807, 2.05) is 72.5 Å². The number of carbonyl (C=O) groups is 1. The van der Waals surface area contributed by atoms with Gasteiger partial charge in [0.15, 0.2) is 0 Å². The predicted octanol–water partition coefficient (Wildman–Crippen LogP) is 2.90.